The molecule has 1 heterocycles. The molecule has 6 heteroatoms. The molecule has 0 unspecified atom stereocenters. The molecule has 1 saturated carbocycles. The van der Waals surface area contributed by atoms with E-state index in [-0.39, 0.29) is 0 Å². The molecular formula is C11H17N3O2S. The lowest BCUT2D eigenvalue weighted by Crippen LogP contribution is -2.30. The Morgan fingerprint density at radius 2 is 2.06 bits per heavy atom. The number of nitrogens with zero attached hydrogens (tertiary/aromatic N) is 2. The molecule has 0 radical (unpaired) electrons. The fourth-order valence-electron chi connectivity index (χ4n) is 1.77. The monoisotopic (exact) mass is 255 g/mol. The largest absolute Gasteiger partial charge is 0.367 e. The first-order chi connectivity index (χ1) is 7.84. The summed E-state index contributed by atoms with van der Waals surface area (Å²) in [4.78, 5) is 8.50. The molecular weight excluding hydrogens is 238 g/mol. The third-order valence-corrected chi connectivity index (χ3v) is 5.37. The minimum absolute atomic E-state index is 0.421. The van der Waals surface area contributed by atoms with E-state index in [0.717, 1.165) is 24.2 Å². The van der Waals surface area contributed by atoms with Gasteiger partial charge in [-0.05, 0) is 26.7 Å². The van der Waals surface area contributed by atoms with Crippen LogP contribution in [0.25, 0.3) is 0 Å². The van der Waals surface area contributed by atoms with Crippen LogP contribution in [-0.2, 0) is 9.84 Å². The van der Waals surface area contributed by atoms with Crippen molar-refractivity contribution < 1.29 is 8.42 Å². The number of rotatable bonds is 4. The Balaban J connectivity index is 2.11. The molecule has 5 nitrogen and oxygen atoms in total. The highest BCUT2D eigenvalue weighted by atomic mass is 32.2. The van der Waals surface area contributed by atoms with Gasteiger partial charge in [0.05, 0.1) is 16.1 Å². The average Bonchev–Trinajstić information content (AvgIpc) is 2.99. The molecule has 1 aliphatic rings. The Hall–Kier alpha value is -1.17. The van der Waals surface area contributed by atoms with E-state index in [1.165, 1.54) is 6.26 Å². The van der Waals surface area contributed by atoms with Gasteiger partial charge in [0.1, 0.15) is 5.82 Å². The Kier molecular flexibility index (Phi) is 2.85. The van der Waals surface area contributed by atoms with Gasteiger partial charge in [0.2, 0.25) is 0 Å². The summed E-state index contributed by atoms with van der Waals surface area (Å²) in [6, 6.07) is 0. The quantitative estimate of drug-likeness (QED) is 0.871. The molecule has 0 spiro atoms. The highest BCUT2D eigenvalue weighted by Crippen LogP contribution is 2.43. The number of aryl methyl sites for hydroxylation is 2. The molecule has 94 valence electrons. The summed E-state index contributed by atoms with van der Waals surface area (Å²) in [5.41, 5.74) is 1.61. The van der Waals surface area contributed by atoms with E-state index < -0.39 is 14.6 Å². The molecule has 1 aliphatic carbocycles. The highest BCUT2D eigenvalue weighted by molar-refractivity contribution is 7.92. The van der Waals surface area contributed by atoms with Crippen molar-refractivity contribution in [1.29, 1.82) is 0 Å². The second kappa shape index (κ2) is 3.94. The molecule has 0 bridgehead atoms. The van der Waals surface area contributed by atoms with Crippen molar-refractivity contribution in [3.8, 4) is 0 Å². The summed E-state index contributed by atoms with van der Waals surface area (Å²) in [7, 11) is -3.00. The Bertz CT molecular complexity index is 536. The molecule has 17 heavy (non-hydrogen) atoms. The van der Waals surface area contributed by atoms with E-state index in [4.69, 9.17) is 0 Å². The SMILES string of the molecule is Cc1cnc(C)c(NCC2(S(C)(=O)=O)CC2)n1. The summed E-state index contributed by atoms with van der Waals surface area (Å²) in [5, 5.41) is 3.11. The first-order valence-corrected chi connectivity index (χ1v) is 7.47. The van der Waals surface area contributed by atoms with E-state index in [1.807, 2.05) is 13.8 Å². The second-order valence-electron chi connectivity index (χ2n) is 4.75. The first kappa shape index (κ1) is 12.3. The number of nitrogens with one attached hydrogen (secondary N) is 1. The standard InChI is InChI=1S/C11H17N3O2S/c1-8-6-12-9(2)10(14-8)13-7-11(4-5-11)17(3,15)16/h6H,4-5,7H2,1-3H3,(H,13,14). The first-order valence-electron chi connectivity index (χ1n) is 5.58. The fourth-order valence-corrected chi connectivity index (χ4v) is 2.95. The molecule has 2 rings (SSSR count). The molecule has 0 aliphatic heterocycles. The smallest absolute Gasteiger partial charge is 0.154 e. The number of aromatic nitrogens is 2. The maximum atomic E-state index is 11.6. The number of hydrogen-bond acceptors (Lipinski definition) is 5. The van der Waals surface area contributed by atoms with Crippen LogP contribution in [0.3, 0.4) is 0 Å². The number of anilines is 1. The van der Waals surface area contributed by atoms with Crippen LogP contribution in [0.2, 0.25) is 0 Å². The molecule has 0 amide bonds. The molecule has 0 aromatic carbocycles. The van der Waals surface area contributed by atoms with Crippen molar-refractivity contribution in [2.75, 3.05) is 18.1 Å². The fraction of sp³-hybridized carbons (Fsp3) is 0.636. The number of sulfone groups is 1. The highest BCUT2D eigenvalue weighted by Gasteiger charge is 2.51. The van der Waals surface area contributed by atoms with Crippen molar-refractivity contribution in [2.45, 2.75) is 31.4 Å². The van der Waals surface area contributed by atoms with Crippen molar-refractivity contribution in [2.24, 2.45) is 0 Å². The summed E-state index contributed by atoms with van der Waals surface area (Å²) in [6.45, 7) is 4.14. The van der Waals surface area contributed by atoms with Crippen LogP contribution in [0, 0.1) is 13.8 Å². The lowest BCUT2D eigenvalue weighted by molar-refractivity contribution is 0.585. The van der Waals surface area contributed by atoms with Crippen molar-refractivity contribution >= 4 is 15.7 Å². The zero-order chi connectivity index (χ0) is 12.7. The van der Waals surface area contributed by atoms with Crippen LogP contribution in [0.4, 0.5) is 5.82 Å². The van der Waals surface area contributed by atoms with Gasteiger partial charge in [-0.1, -0.05) is 0 Å². The van der Waals surface area contributed by atoms with Crippen LogP contribution < -0.4 is 5.32 Å². The third-order valence-electron chi connectivity index (χ3n) is 3.25. The predicted octanol–water partition coefficient (Wildman–Crippen LogP) is 1.08. The van der Waals surface area contributed by atoms with Crippen molar-refractivity contribution in [3.63, 3.8) is 0 Å². The molecule has 1 aromatic heterocycles. The lowest BCUT2D eigenvalue weighted by Gasteiger charge is -2.15. The van der Waals surface area contributed by atoms with Gasteiger partial charge in [-0.2, -0.15) is 0 Å². The Labute approximate surface area is 102 Å². The van der Waals surface area contributed by atoms with Gasteiger partial charge in [-0.15, -0.1) is 0 Å². The van der Waals surface area contributed by atoms with Crippen LogP contribution in [0.15, 0.2) is 6.20 Å². The topological polar surface area (TPSA) is 72.0 Å². The predicted molar refractivity (Wildman–Crippen MR) is 66.8 cm³/mol. The second-order valence-corrected chi connectivity index (χ2v) is 7.16. The Morgan fingerprint density at radius 1 is 1.41 bits per heavy atom. The van der Waals surface area contributed by atoms with Crippen LogP contribution in [0.5, 0.6) is 0 Å². The normalized spacial score (nSPS) is 17.8. The van der Waals surface area contributed by atoms with Gasteiger partial charge in [0, 0.05) is 19.0 Å². The summed E-state index contributed by atoms with van der Waals surface area (Å²) in [5.74, 6) is 0.680. The van der Waals surface area contributed by atoms with Gasteiger partial charge in [0.15, 0.2) is 9.84 Å². The molecule has 1 N–H and O–H groups in total. The summed E-state index contributed by atoms with van der Waals surface area (Å²) < 4.78 is 22.6. The van der Waals surface area contributed by atoms with Crippen LogP contribution in [-0.4, -0.2) is 35.9 Å². The minimum Gasteiger partial charge on any atom is -0.367 e. The van der Waals surface area contributed by atoms with Gasteiger partial charge in [-0.3, -0.25) is 4.98 Å². The lowest BCUT2D eigenvalue weighted by atomic mass is 10.3. The Morgan fingerprint density at radius 3 is 2.59 bits per heavy atom. The van der Waals surface area contributed by atoms with Crippen LogP contribution >= 0.6 is 0 Å². The molecule has 0 atom stereocenters. The van der Waals surface area contributed by atoms with Crippen molar-refractivity contribution in [1.82, 2.24) is 9.97 Å². The van der Waals surface area contributed by atoms with E-state index >= 15 is 0 Å². The zero-order valence-electron chi connectivity index (χ0n) is 10.3. The molecule has 1 fully saturated rings. The maximum Gasteiger partial charge on any atom is 0.154 e. The van der Waals surface area contributed by atoms with Gasteiger partial charge in [0.25, 0.3) is 0 Å². The maximum absolute atomic E-state index is 11.6. The minimum atomic E-state index is -3.00. The average molecular weight is 255 g/mol. The summed E-state index contributed by atoms with van der Waals surface area (Å²) >= 11 is 0. The van der Waals surface area contributed by atoms with E-state index in [0.29, 0.717) is 12.4 Å². The van der Waals surface area contributed by atoms with Crippen molar-refractivity contribution in [3.05, 3.63) is 17.6 Å². The van der Waals surface area contributed by atoms with Gasteiger partial charge < -0.3 is 5.32 Å². The van der Waals surface area contributed by atoms with Gasteiger partial charge >= 0.3 is 0 Å². The van der Waals surface area contributed by atoms with E-state index in [1.54, 1.807) is 6.20 Å². The van der Waals surface area contributed by atoms with Gasteiger partial charge in [-0.25, -0.2) is 13.4 Å². The zero-order valence-corrected chi connectivity index (χ0v) is 11.1. The molecule has 0 saturated heterocycles. The van der Waals surface area contributed by atoms with E-state index in [9.17, 15) is 8.42 Å². The number of hydrogen-bond donors (Lipinski definition) is 1. The third kappa shape index (κ3) is 2.41. The summed E-state index contributed by atoms with van der Waals surface area (Å²) in [6.07, 6.45) is 4.47. The van der Waals surface area contributed by atoms with E-state index in [2.05, 4.69) is 15.3 Å². The van der Waals surface area contributed by atoms with Crippen LogP contribution in [0.1, 0.15) is 24.2 Å². The molecule has 1 aromatic rings.